The third-order valence-corrected chi connectivity index (χ3v) is 11.1. The maximum absolute atomic E-state index is 12.9. The monoisotopic (exact) mass is 622 g/mol. The van der Waals surface area contributed by atoms with Crippen LogP contribution >= 0.6 is 81.2 Å². The van der Waals surface area contributed by atoms with Gasteiger partial charge in [0.2, 0.25) is 5.91 Å². The number of nitrogens with one attached hydrogen (secondary N) is 1. The summed E-state index contributed by atoms with van der Waals surface area (Å²) in [6.07, 6.45) is 1.89. The minimum absolute atomic E-state index is 0. The van der Waals surface area contributed by atoms with Gasteiger partial charge in [0, 0.05) is 23.4 Å². The molecular formula is C17H17Cl2N6NaO4S5. The predicted molar refractivity (Wildman–Crippen MR) is 145 cm³/mol. The second-order valence-electron chi connectivity index (χ2n) is 7.24. The molecule has 2 aromatic rings. The first-order valence-electron chi connectivity index (χ1n) is 9.38. The second-order valence-corrected chi connectivity index (χ2v) is 13.4. The molecule has 0 saturated carbocycles. The van der Waals surface area contributed by atoms with E-state index in [1.54, 1.807) is 0 Å². The normalized spacial score (nSPS) is 23.1. The third-order valence-electron chi connectivity index (χ3n) is 5.11. The van der Waals surface area contributed by atoms with Crippen LogP contribution < -0.4 is 11.1 Å². The van der Waals surface area contributed by atoms with Crippen molar-refractivity contribution in [1.82, 2.24) is 25.4 Å². The zero-order chi connectivity index (χ0) is 24.6. The number of nitrogens with zero attached hydrogens (tertiary/aromatic N) is 4. The van der Waals surface area contributed by atoms with Crippen molar-refractivity contribution < 1.29 is 19.5 Å². The molecular weight excluding hydrogens is 606 g/mol. The summed E-state index contributed by atoms with van der Waals surface area (Å²) in [6.45, 7) is 0.0357. The van der Waals surface area contributed by atoms with E-state index >= 15 is 0 Å². The Hall–Kier alpha value is -0.230. The van der Waals surface area contributed by atoms with Gasteiger partial charge in [-0.3, -0.25) is 14.4 Å². The molecule has 3 atom stereocenters. The van der Waals surface area contributed by atoms with E-state index in [1.165, 1.54) is 56.9 Å². The van der Waals surface area contributed by atoms with Crippen molar-refractivity contribution in [3.8, 4) is 0 Å². The summed E-state index contributed by atoms with van der Waals surface area (Å²) in [4.78, 5) is 43.4. The van der Waals surface area contributed by atoms with E-state index in [9.17, 15) is 19.5 Å². The number of fused-ring (bicyclic) bond motifs is 1. The molecule has 0 radical (unpaired) electrons. The van der Waals surface area contributed by atoms with E-state index in [2.05, 4.69) is 20.5 Å². The number of nitrogens with two attached hydrogens (primary N) is 1. The van der Waals surface area contributed by atoms with Crippen LogP contribution in [-0.2, 0) is 14.4 Å². The van der Waals surface area contributed by atoms with Gasteiger partial charge >= 0.3 is 35.5 Å². The van der Waals surface area contributed by atoms with Gasteiger partial charge in [0.15, 0.2) is 13.8 Å². The molecule has 2 unspecified atom stereocenters. The van der Waals surface area contributed by atoms with Crippen LogP contribution in [0.4, 0.5) is 5.13 Å². The van der Waals surface area contributed by atoms with Crippen molar-refractivity contribution in [1.29, 1.82) is 0 Å². The number of hydrogen-bond donors (Lipinski definition) is 3. The maximum atomic E-state index is 12.9. The van der Waals surface area contributed by atoms with Gasteiger partial charge in [-0.15, -0.1) is 33.3 Å². The molecule has 10 nitrogen and oxygen atoms in total. The molecule has 184 valence electrons. The average Bonchev–Trinajstić information content (AvgIpc) is 3.44. The van der Waals surface area contributed by atoms with Crippen molar-refractivity contribution in [2.24, 2.45) is 5.41 Å². The molecule has 2 aromatic heterocycles. The first-order valence-corrected chi connectivity index (χ1v) is 15.1. The molecule has 35 heavy (non-hydrogen) atoms. The molecule has 2 aliphatic heterocycles. The van der Waals surface area contributed by atoms with Crippen molar-refractivity contribution in [3.63, 3.8) is 0 Å². The first kappa shape index (κ1) is 29.3. The molecule has 0 aliphatic carbocycles. The number of hydrogen-bond acceptors (Lipinski definition) is 12. The summed E-state index contributed by atoms with van der Waals surface area (Å²) in [5.41, 5.74) is 4.61. The molecule has 4 heterocycles. The van der Waals surface area contributed by atoms with Gasteiger partial charge in [-0.1, -0.05) is 58.1 Å². The predicted octanol–water partition coefficient (Wildman–Crippen LogP) is 2.06. The fourth-order valence-corrected chi connectivity index (χ4v) is 8.58. The molecule has 4 rings (SSSR count). The van der Waals surface area contributed by atoms with Crippen LogP contribution in [0, 0.1) is 5.41 Å². The first-order chi connectivity index (χ1) is 16.1. The van der Waals surface area contributed by atoms with E-state index in [1.807, 2.05) is 6.26 Å². The Morgan fingerprint density at radius 1 is 1.37 bits per heavy atom. The van der Waals surface area contributed by atoms with E-state index in [4.69, 9.17) is 28.9 Å². The summed E-state index contributed by atoms with van der Waals surface area (Å²) in [5, 5.41) is 22.1. The number of carbonyl (C=O) groups excluding carboxylic acids is 2. The zero-order valence-electron chi connectivity index (χ0n) is 17.2. The van der Waals surface area contributed by atoms with Gasteiger partial charge in [-0.25, -0.2) is 4.98 Å². The van der Waals surface area contributed by atoms with Crippen LogP contribution in [0.3, 0.4) is 0 Å². The van der Waals surface area contributed by atoms with Gasteiger partial charge in [-0.05, 0) is 6.26 Å². The zero-order valence-corrected chi connectivity index (χ0v) is 22.8. The number of β-lactam (4-membered cyclic amide) rings is 1. The SMILES string of the molecule is CSc1nnc(SCC2(C(=O)O)CS[C@@H]3C(NC(=O)C(=C(Cl)Cl)c4csc(N)n4)C(=O)N3C2)s1.[NaH]. The Morgan fingerprint density at radius 2 is 2.09 bits per heavy atom. The molecule has 0 bridgehead atoms. The van der Waals surface area contributed by atoms with Crippen molar-refractivity contribution in [3.05, 3.63) is 15.6 Å². The van der Waals surface area contributed by atoms with Gasteiger partial charge in [-0.2, -0.15) is 0 Å². The van der Waals surface area contributed by atoms with Crippen molar-refractivity contribution in [2.75, 3.05) is 30.0 Å². The van der Waals surface area contributed by atoms with E-state index in [0.29, 0.717) is 4.34 Å². The number of aliphatic carboxylic acids is 1. The quantitative estimate of drug-likeness (QED) is 0.172. The summed E-state index contributed by atoms with van der Waals surface area (Å²) in [5.74, 6) is -1.50. The molecule has 2 aliphatic rings. The number of amides is 2. The van der Waals surface area contributed by atoms with Crippen LogP contribution in [0.25, 0.3) is 5.57 Å². The average molecular weight is 624 g/mol. The molecule has 2 saturated heterocycles. The number of halogens is 2. The summed E-state index contributed by atoms with van der Waals surface area (Å²) in [7, 11) is 0. The number of anilines is 1. The number of thiazole rings is 1. The Kier molecular flexibility index (Phi) is 10.1. The Balaban J connectivity index is 0.00000342. The number of carboxylic acid groups (broad SMARTS) is 1. The number of nitrogen functional groups attached to an aromatic ring is 1. The Bertz CT molecular complexity index is 1180. The summed E-state index contributed by atoms with van der Waals surface area (Å²) < 4.78 is 1.18. The summed E-state index contributed by atoms with van der Waals surface area (Å²) >= 11 is 18.4. The number of carbonyl (C=O) groups is 3. The van der Waals surface area contributed by atoms with Gasteiger partial charge in [0.1, 0.15) is 21.3 Å². The van der Waals surface area contributed by atoms with Gasteiger partial charge < -0.3 is 21.1 Å². The van der Waals surface area contributed by atoms with E-state index in [-0.39, 0.29) is 74.4 Å². The molecule has 2 amide bonds. The van der Waals surface area contributed by atoms with Crippen LogP contribution in [0.5, 0.6) is 0 Å². The molecule has 4 N–H and O–H groups in total. The van der Waals surface area contributed by atoms with Crippen LogP contribution in [0.1, 0.15) is 5.69 Å². The van der Waals surface area contributed by atoms with Crippen molar-refractivity contribution in [2.45, 2.75) is 20.1 Å². The standard InChI is InChI=1S/C17H16Cl2N6O4S5.Na.H/c1-30-15-23-24-16(34-15)33-5-17(13(28)29)3-25-11(27)8(12(25)32-4-17)22-10(26)7(9(18)19)6-2-31-14(20)21-6;;/h2,8,12H,3-5H2,1H3,(H2,20,21)(H,22,26)(H,28,29);;/t8?,12-,17?;;/m1../s1. The van der Waals surface area contributed by atoms with Crippen LogP contribution in [-0.4, -0.2) is 108 Å². The van der Waals surface area contributed by atoms with Gasteiger partial charge in [0.05, 0.1) is 11.3 Å². The third kappa shape index (κ3) is 6.10. The number of aromatic nitrogens is 3. The minimum atomic E-state index is -1.15. The fraction of sp³-hybridized carbons (Fsp3) is 0.412. The number of rotatable bonds is 8. The fourth-order valence-electron chi connectivity index (χ4n) is 3.36. The topological polar surface area (TPSA) is 151 Å². The van der Waals surface area contributed by atoms with Crippen molar-refractivity contribution >= 4 is 139 Å². The van der Waals surface area contributed by atoms with Gasteiger partial charge in [0.25, 0.3) is 5.91 Å². The van der Waals surface area contributed by atoms with Crippen LogP contribution in [0.15, 0.2) is 18.6 Å². The number of carboxylic acids is 1. The molecule has 18 heteroatoms. The second kappa shape index (κ2) is 12.1. The molecule has 0 aromatic carbocycles. The summed E-state index contributed by atoms with van der Waals surface area (Å²) in [6, 6.07) is -0.831. The Morgan fingerprint density at radius 3 is 2.66 bits per heavy atom. The van der Waals surface area contributed by atoms with E-state index < -0.39 is 28.7 Å². The Labute approximate surface area is 252 Å². The van der Waals surface area contributed by atoms with E-state index in [0.717, 1.165) is 15.7 Å². The number of thioether (sulfide) groups is 3. The molecule has 2 fully saturated rings. The molecule has 0 spiro atoms. The van der Waals surface area contributed by atoms with Crippen LogP contribution in [0.2, 0.25) is 0 Å².